The number of carbonyl (C=O) groups is 2. The highest BCUT2D eigenvalue weighted by atomic mass is 35.5. The Kier molecular flexibility index (Phi) is 6.16. The minimum absolute atomic E-state index is 0.216. The number of halogens is 1. The minimum atomic E-state index is -0.986. The summed E-state index contributed by atoms with van der Waals surface area (Å²) in [6.07, 6.45) is 6.84. The highest BCUT2D eigenvalue weighted by Gasteiger charge is 2.44. The molecule has 9 heteroatoms. The lowest BCUT2D eigenvalue weighted by Crippen LogP contribution is -2.57. The van der Waals surface area contributed by atoms with Crippen molar-refractivity contribution >= 4 is 29.4 Å². The van der Waals surface area contributed by atoms with Crippen LogP contribution in [0, 0.1) is 11.3 Å². The first kappa shape index (κ1) is 22.6. The molecule has 2 aliphatic rings. The van der Waals surface area contributed by atoms with Crippen LogP contribution in [0.3, 0.4) is 0 Å². The first-order valence-electron chi connectivity index (χ1n) is 11.2. The molecule has 0 spiro atoms. The first-order chi connectivity index (χ1) is 15.2. The second-order valence-electron chi connectivity index (χ2n) is 9.74. The number of amides is 2. The fourth-order valence-corrected chi connectivity index (χ4v) is 5.31. The van der Waals surface area contributed by atoms with Crippen LogP contribution in [0.15, 0.2) is 18.5 Å². The summed E-state index contributed by atoms with van der Waals surface area (Å²) in [4.78, 5) is 35.4. The number of nitrogens with zero attached hydrogens (tertiary/aromatic N) is 4. The molecule has 32 heavy (non-hydrogen) atoms. The Morgan fingerprint density at radius 3 is 2.66 bits per heavy atom. The number of carboxylic acid groups (broad SMARTS) is 1. The largest absolute Gasteiger partial charge is 0.465 e. The molecule has 0 aliphatic carbocycles. The molecular weight excluding hydrogens is 430 g/mol. The van der Waals surface area contributed by atoms with Gasteiger partial charge in [-0.2, -0.15) is 0 Å². The number of rotatable bonds is 3. The number of aryl methyl sites for hydroxylation is 1. The number of nitrogens with one attached hydrogen (secondary N) is 1. The zero-order valence-electron chi connectivity index (χ0n) is 18.8. The molecule has 8 nitrogen and oxygen atoms in total. The number of piperidine rings is 1. The number of anilines is 1. The van der Waals surface area contributed by atoms with Gasteiger partial charge in [0.15, 0.2) is 0 Å². The number of carbonyl (C=O) groups excluding carboxylic acids is 1. The number of fused-ring (bicyclic) bond motifs is 1. The van der Waals surface area contributed by atoms with Gasteiger partial charge in [-0.25, -0.2) is 14.8 Å². The summed E-state index contributed by atoms with van der Waals surface area (Å²) < 4.78 is 2.18. The molecule has 0 radical (unpaired) electrons. The first-order valence-corrected chi connectivity index (χ1v) is 11.6. The summed E-state index contributed by atoms with van der Waals surface area (Å²) >= 11 is 6.46. The van der Waals surface area contributed by atoms with Gasteiger partial charge < -0.3 is 19.9 Å². The van der Waals surface area contributed by atoms with Crippen LogP contribution in [-0.2, 0) is 17.8 Å². The second kappa shape index (κ2) is 8.73. The fraction of sp³-hybridized carbons (Fsp3) is 0.565. The molecule has 0 saturated carbocycles. The Morgan fingerprint density at radius 2 is 1.94 bits per heavy atom. The summed E-state index contributed by atoms with van der Waals surface area (Å²) in [6.45, 7) is 7.25. The van der Waals surface area contributed by atoms with Crippen molar-refractivity contribution in [2.45, 2.75) is 65.5 Å². The molecule has 4 rings (SSSR count). The summed E-state index contributed by atoms with van der Waals surface area (Å²) in [6, 6.07) is 1.37. The van der Waals surface area contributed by atoms with Crippen LogP contribution in [0.4, 0.5) is 10.6 Å². The van der Waals surface area contributed by atoms with Crippen LogP contribution in [0.25, 0.3) is 11.3 Å². The third kappa shape index (κ3) is 4.33. The van der Waals surface area contributed by atoms with Crippen LogP contribution < -0.4 is 5.32 Å². The third-order valence-corrected chi connectivity index (χ3v) is 6.75. The lowest BCUT2D eigenvalue weighted by atomic mass is 9.73. The zero-order valence-corrected chi connectivity index (χ0v) is 19.5. The van der Waals surface area contributed by atoms with E-state index in [1.807, 2.05) is 27.0 Å². The lowest BCUT2D eigenvalue weighted by Gasteiger charge is -2.46. The minimum Gasteiger partial charge on any atom is -0.465 e. The molecule has 2 aromatic rings. The van der Waals surface area contributed by atoms with Gasteiger partial charge in [-0.15, -0.1) is 0 Å². The van der Waals surface area contributed by atoms with Crippen molar-refractivity contribution in [2.75, 3.05) is 11.9 Å². The van der Waals surface area contributed by atoms with Gasteiger partial charge in [-0.3, -0.25) is 4.79 Å². The second-order valence-corrected chi connectivity index (χ2v) is 10.1. The monoisotopic (exact) mass is 459 g/mol. The number of imidazole rings is 1. The number of aromatic nitrogens is 3. The van der Waals surface area contributed by atoms with Gasteiger partial charge in [0.25, 0.3) is 0 Å². The van der Waals surface area contributed by atoms with Crippen molar-refractivity contribution in [1.29, 1.82) is 0 Å². The lowest BCUT2D eigenvalue weighted by molar-refractivity contribution is -0.125. The smallest absolute Gasteiger partial charge is 0.407 e. The van der Waals surface area contributed by atoms with Crippen LogP contribution >= 0.6 is 11.6 Å². The van der Waals surface area contributed by atoms with Gasteiger partial charge in [-0.1, -0.05) is 32.4 Å². The van der Waals surface area contributed by atoms with E-state index >= 15 is 0 Å². The maximum atomic E-state index is 13.3. The normalized spacial score (nSPS) is 21.2. The number of hydrogen-bond acceptors (Lipinski definition) is 4. The molecule has 2 N–H and O–H groups in total. The number of hydrogen-bond donors (Lipinski definition) is 2. The maximum Gasteiger partial charge on any atom is 0.407 e. The predicted molar refractivity (Wildman–Crippen MR) is 123 cm³/mol. The van der Waals surface area contributed by atoms with Crippen molar-refractivity contribution in [1.82, 2.24) is 19.4 Å². The summed E-state index contributed by atoms with van der Waals surface area (Å²) in [5, 5.41) is 13.1. The average molecular weight is 460 g/mol. The summed E-state index contributed by atoms with van der Waals surface area (Å²) in [7, 11) is 0. The Morgan fingerprint density at radius 1 is 1.16 bits per heavy atom. The van der Waals surface area contributed by atoms with Gasteiger partial charge in [0.2, 0.25) is 5.91 Å². The molecule has 0 aromatic carbocycles. The molecule has 2 atom stereocenters. The molecule has 4 heterocycles. The molecule has 172 valence electrons. The Hall–Kier alpha value is -2.61. The quantitative estimate of drug-likeness (QED) is 0.694. The van der Waals surface area contributed by atoms with E-state index in [1.165, 1.54) is 4.90 Å². The Bertz CT molecular complexity index is 1030. The van der Waals surface area contributed by atoms with Gasteiger partial charge >= 0.3 is 6.09 Å². The van der Waals surface area contributed by atoms with Gasteiger partial charge in [0.05, 0.1) is 28.9 Å². The third-order valence-electron chi connectivity index (χ3n) is 6.45. The van der Waals surface area contributed by atoms with Gasteiger partial charge in [-0.05, 0) is 37.2 Å². The molecule has 0 bridgehead atoms. The standard InChI is InChI=1S/C23H30ClN5O3/c1-23(2,3)20-14(7-6-10-29(20)22(31)32)21(30)27-18-11-15(16(24)12-25-18)17-13-26-19-8-4-5-9-28(17)19/h11-14,20H,4-10H2,1-3H3,(H,31,32)(H,25,27,30). The van der Waals surface area contributed by atoms with Gasteiger partial charge in [0, 0.05) is 31.3 Å². The summed E-state index contributed by atoms with van der Waals surface area (Å²) in [5.41, 5.74) is 1.32. The van der Waals surface area contributed by atoms with E-state index in [-0.39, 0.29) is 11.3 Å². The van der Waals surface area contributed by atoms with Crippen molar-refractivity contribution in [3.05, 3.63) is 29.3 Å². The molecule has 2 aromatic heterocycles. The van der Waals surface area contributed by atoms with Crippen molar-refractivity contribution < 1.29 is 14.7 Å². The van der Waals surface area contributed by atoms with E-state index in [0.29, 0.717) is 30.2 Å². The SMILES string of the molecule is CC(C)(C)C1C(C(=O)Nc2cc(-c3cnc4n3CCCC4)c(Cl)cn2)CCCN1C(=O)O. The fourth-order valence-electron chi connectivity index (χ4n) is 5.11. The van der Waals surface area contributed by atoms with Crippen molar-refractivity contribution in [2.24, 2.45) is 11.3 Å². The molecule has 1 saturated heterocycles. The number of likely N-dealkylation sites (tertiary alicyclic amines) is 1. The Labute approximate surface area is 193 Å². The van der Waals surface area contributed by atoms with E-state index in [9.17, 15) is 14.7 Å². The summed E-state index contributed by atoms with van der Waals surface area (Å²) in [5.74, 6) is 0.782. The zero-order chi connectivity index (χ0) is 23.0. The molecule has 2 amide bonds. The molecule has 1 fully saturated rings. The van der Waals surface area contributed by atoms with Crippen LogP contribution in [0.1, 0.15) is 52.3 Å². The Balaban J connectivity index is 1.60. The average Bonchev–Trinajstić information content (AvgIpc) is 3.18. The van der Waals surface area contributed by atoms with E-state index in [2.05, 4.69) is 19.9 Å². The van der Waals surface area contributed by atoms with Crippen LogP contribution in [0.5, 0.6) is 0 Å². The highest BCUT2D eigenvalue weighted by Crippen LogP contribution is 2.37. The van der Waals surface area contributed by atoms with Crippen LogP contribution in [-0.4, -0.2) is 49.1 Å². The van der Waals surface area contributed by atoms with Crippen molar-refractivity contribution in [3.8, 4) is 11.3 Å². The number of pyridine rings is 1. The van der Waals surface area contributed by atoms with Gasteiger partial charge in [0.1, 0.15) is 11.6 Å². The van der Waals surface area contributed by atoms with E-state index < -0.39 is 18.1 Å². The van der Waals surface area contributed by atoms with Crippen molar-refractivity contribution in [3.63, 3.8) is 0 Å². The maximum absolute atomic E-state index is 13.3. The molecule has 2 aliphatic heterocycles. The topological polar surface area (TPSA) is 100 Å². The van der Waals surface area contributed by atoms with E-state index in [0.717, 1.165) is 42.9 Å². The van der Waals surface area contributed by atoms with Crippen LogP contribution in [0.2, 0.25) is 5.02 Å². The molecular formula is C23H30ClN5O3. The van der Waals surface area contributed by atoms with E-state index in [4.69, 9.17) is 11.6 Å². The highest BCUT2D eigenvalue weighted by molar-refractivity contribution is 6.33. The molecule has 2 unspecified atom stereocenters. The predicted octanol–water partition coefficient (Wildman–Crippen LogP) is 4.68. The van der Waals surface area contributed by atoms with E-state index in [1.54, 1.807) is 12.3 Å².